The van der Waals surface area contributed by atoms with Crippen molar-refractivity contribution in [1.82, 2.24) is 10.6 Å². The van der Waals surface area contributed by atoms with Gasteiger partial charge in [0.2, 0.25) is 0 Å². The van der Waals surface area contributed by atoms with Crippen LogP contribution < -0.4 is 16.0 Å². The molecule has 6 heteroatoms. The van der Waals surface area contributed by atoms with Crippen molar-refractivity contribution in [2.45, 2.75) is 31.8 Å². The van der Waals surface area contributed by atoms with E-state index in [0.29, 0.717) is 11.3 Å². The van der Waals surface area contributed by atoms with Crippen LogP contribution in [0.5, 0.6) is 0 Å². The molecule has 3 N–H and O–H groups in total. The Morgan fingerprint density at radius 2 is 1.88 bits per heavy atom. The van der Waals surface area contributed by atoms with E-state index in [0.717, 1.165) is 22.9 Å². The first-order valence-corrected chi connectivity index (χ1v) is 9.04. The van der Waals surface area contributed by atoms with Gasteiger partial charge in [-0.15, -0.1) is 0 Å². The smallest absolute Gasteiger partial charge is 0.319 e. The first kappa shape index (κ1) is 17.5. The Kier molecular flexibility index (Phi) is 5.38. The summed E-state index contributed by atoms with van der Waals surface area (Å²) in [6, 6.07) is 14.7. The molecule has 0 aromatic heterocycles. The van der Waals surface area contributed by atoms with Crippen LogP contribution in [0, 0.1) is 0 Å². The average Bonchev–Trinajstić information content (AvgIpc) is 3.38. The van der Waals surface area contributed by atoms with Gasteiger partial charge >= 0.3 is 6.03 Å². The Morgan fingerprint density at radius 1 is 1.12 bits per heavy atom. The molecule has 0 radical (unpaired) electrons. The molecule has 1 aliphatic carbocycles. The lowest BCUT2D eigenvalue weighted by atomic mass is 10.1. The van der Waals surface area contributed by atoms with Gasteiger partial charge in [0.25, 0.3) is 5.91 Å². The number of halogens is 1. The summed E-state index contributed by atoms with van der Waals surface area (Å²) in [5, 5.41) is 8.59. The molecule has 1 aliphatic rings. The van der Waals surface area contributed by atoms with Crippen LogP contribution in [0.15, 0.2) is 53.0 Å². The maximum Gasteiger partial charge on any atom is 0.319 e. The fraction of sp³-hybridized carbons (Fsp3) is 0.263. The van der Waals surface area contributed by atoms with Gasteiger partial charge < -0.3 is 16.0 Å². The molecule has 0 aliphatic heterocycles. The van der Waals surface area contributed by atoms with Crippen molar-refractivity contribution in [3.63, 3.8) is 0 Å². The van der Waals surface area contributed by atoms with Crippen molar-refractivity contribution in [2.75, 3.05) is 5.32 Å². The van der Waals surface area contributed by atoms with Gasteiger partial charge in [0, 0.05) is 21.8 Å². The van der Waals surface area contributed by atoms with Gasteiger partial charge in [-0.2, -0.15) is 0 Å². The maximum absolute atomic E-state index is 12.5. The van der Waals surface area contributed by atoms with Crippen LogP contribution in [-0.2, 0) is 0 Å². The van der Waals surface area contributed by atoms with Crippen LogP contribution in [0.25, 0.3) is 0 Å². The molecule has 1 unspecified atom stereocenters. The number of urea groups is 1. The molecule has 0 saturated heterocycles. The zero-order chi connectivity index (χ0) is 17.8. The van der Waals surface area contributed by atoms with Crippen LogP contribution in [-0.4, -0.2) is 18.0 Å². The van der Waals surface area contributed by atoms with Gasteiger partial charge in [-0.1, -0.05) is 34.1 Å². The first-order chi connectivity index (χ1) is 12.0. The molecule has 1 saturated carbocycles. The van der Waals surface area contributed by atoms with Crippen LogP contribution in [0.2, 0.25) is 0 Å². The number of rotatable bonds is 5. The highest BCUT2D eigenvalue weighted by molar-refractivity contribution is 9.10. The topological polar surface area (TPSA) is 70.2 Å². The van der Waals surface area contributed by atoms with E-state index in [2.05, 4.69) is 31.9 Å². The summed E-state index contributed by atoms with van der Waals surface area (Å²) in [6.07, 6.45) is 2.06. The molecule has 0 heterocycles. The molecule has 2 aromatic carbocycles. The van der Waals surface area contributed by atoms with Gasteiger partial charge in [-0.05, 0) is 55.7 Å². The van der Waals surface area contributed by atoms with Gasteiger partial charge in [0.15, 0.2) is 0 Å². The second-order valence-corrected chi connectivity index (χ2v) is 7.12. The second kappa shape index (κ2) is 7.70. The van der Waals surface area contributed by atoms with Crippen LogP contribution in [0.3, 0.4) is 0 Å². The van der Waals surface area contributed by atoms with E-state index in [1.807, 2.05) is 31.2 Å². The van der Waals surface area contributed by atoms with Crippen LogP contribution in [0.1, 0.15) is 41.7 Å². The molecule has 2 aromatic rings. The highest BCUT2D eigenvalue weighted by atomic mass is 79.9. The van der Waals surface area contributed by atoms with E-state index in [-0.39, 0.29) is 24.0 Å². The number of carbonyl (C=O) groups excluding carboxylic acids is 2. The quantitative estimate of drug-likeness (QED) is 0.701. The van der Waals surface area contributed by atoms with Crippen LogP contribution in [0.4, 0.5) is 10.5 Å². The van der Waals surface area contributed by atoms with Crippen molar-refractivity contribution in [3.8, 4) is 0 Å². The molecule has 5 nitrogen and oxygen atoms in total. The van der Waals surface area contributed by atoms with E-state index in [9.17, 15) is 9.59 Å². The van der Waals surface area contributed by atoms with E-state index >= 15 is 0 Å². The predicted molar refractivity (Wildman–Crippen MR) is 102 cm³/mol. The summed E-state index contributed by atoms with van der Waals surface area (Å²) in [7, 11) is 0. The van der Waals surface area contributed by atoms with E-state index < -0.39 is 0 Å². The zero-order valence-electron chi connectivity index (χ0n) is 13.9. The summed E-state index contributed by atoms with van der Waals surface area (Å²) in [5.41, 5.74) is 2.12. The number of benzene rings is 2. The number of carbonyl (C=O) groups is 2. The van der Waals surface area contributed by atoms with Crippen LogP contribution >= 0.6 is 15.9 Å². The minimum absolute atomic E-state index is 0.125. The molecule has 1 atom stereocenters. The molecule has 3 rings (SSSR count). The van der Waals surface area contributed by atoms with Gasteiger partial charge in [0.1, 0.15) is 0 Å². The molecule has 0 spiro atoms. The number of nitrogens with one attached hydrogen (secondary N) is 3. The molecule has 1 fully saturated rings. The lowest BCUT2D eigenvalue weighted by Crippen LogP contribution is -2.30. The first-order valence-electron chi connectivity index (χ1n) is 8.25. The normalized spacial score (nSPS) is 14.5. The number of hydrogen-bond donors (Lipinski definition) is 3. The third-order valence-corrected chi connectivity index (χ3v) is 4.48. The minimum atomic E-state index is -0.234. The largest absolute Gasteiger partial charge is 0.346 e. The third-order valence-electron chi connectivity index (χ3n) is 3.99. The summed E-state index contributed by atoms with van der Waals surface area (Å²) >= 11 is 3.44. The minimum Gasteiger partial charge on any atom is -0.346 e. The van der Waals surface area contributed by atoms with Crippen molar-refractivity contribution in [3.05, 3.63) is 64.1 Å². The maximum atomic E-state index is 12.5. The van der Waals surface area contributed by atoms with Gasteiger partial charge in [-0.3, -0.25) is 4.79 Å². The Balaban J connectivity index is 1.63. The SMILES string of the molecule is CC(NC(=O)c1cccc(NC(=O)NC2CC2)c1)c1cccc(Br)c1. The van der Waals surface area contributed by atoms with E-state index in [1.54, 1.807) is 24.3 Å². The Labute approximate surface area is 155 Å². The lowest BCUT2D eigenvalue weighted by Gasteiger charge is -2.15. The fourth-order valence-electron chi connectivity index (χ4n) is 2.46. The predicted octanol–water partition coefficient (Wildman–Crippen LogP) is 4.22. The van der Waals surface area contributed by atoms with E-state index in [1.165, 1.54) is 0 Å². The van der Waals surface area contributed by atoms with Gasteiger partial charge in [0.05, 0.1) is 6.04 Å². The standard InChI is InChI=1S/C19H20BrN3O2/c1-12(13-4-2-6-15(20)10-13)21-18(24)14-5-3-7-17(11-14)23-19(25)22-16-8-9-16/h2-7,10-12,16H,8-9H2,1H3,(H,21,24)(H2,22,23,25). The molecule has 25 heavy (non-hydrogen) atoms. The Hall–Kier alpha value is -2.34. The highest BCUT2D eigenvalue weighted by Crippen LogP contribution is 2.20. The summed E-state index contributed by atoms with van der Waals surface area (Å²) in [5.74, 6) is -0.182. The average molecular weight is 402 g/mol. The second-order valence-electron chi connectivity index (χ2n) is 6.20. The summed E-state index contributed by atoms with van der Waals surface area (Å²) in [4.78, 5) is 24.3. The fourth-order valence-corrected chi connectivity index (χ4v) is 2.87. The Morgan fingerprint density at radius 3 is 2.60 bits per heavy atom. The summed E-state index contributed by atoms with van der Waals surface area (Å²) < 4.78 is 0.971. The van der Waals surface area contributed by atoms with Crippen molar-refractivity contribution in [1.29, 1.82) is 0 Å². The number of anilines is 1. The lowest BCUT2D eigenvalue weighted by molar-refractivity contribution is 0.0940. The number of amides is 3. The van der Waals surface area contributed by atoms with Crippen molar-refractivity contribution >= 4 is 33.6 Å². The molecule has 0 bridgehead atoms. The van der Waals surface area contributed by atoms with Gasteiger partial charge in [-0.25, -0.2) is 4.79 Å². The zero-order valence-corrected chi connectivity index (χ0v) is 15.5. The van der Waals surface area contributed by atoms with E-state index in [4.69, 9.17) is 0 Å². The molecule has 3 amide bonds. The summed E-state index contributed by atoms with van der Waals surface area (Å²) in [6.45, 7) is 1.94. The molecular weight excluding hydrogens is 382 g/mol. The van der Waals surface area contributed by atoms with Crippen molar-refractivity contribution < 1.29 is 9.59 Å². The highest BCUT2D eigenvalue weighted by Gasteiger charge is 2.23. The molecular formula is C19H20BrN3O2. The number of hydrogen-bond acceptors (Lipinski definition) is 2. The van der Waals surface area contributed by atoms with Crippen molar-refractivity contribution in [2.24, 2.45) is 0 Å². The third kappa shape index (κ3) is 5.06. The Bertz CT molecular complexity index is 790. The molecule has 130 valence electrons. The monoisotopic (exact) mass is 401 g/mol.